The maximum absolute atomic E-state index is 12.7. The van der Waals surface area contributed by atoms with E-state index >= 15 is 0 Å². The zero-order chi connectivity index (χ0) is 25.0. The minimum Gasteiger partial charge on any atom is -0.497 e. The van der Waals surface area contributed by atoms with Crippen molar-refractivity contribution in [3.8, 4) is 0 Å². The van der Waals surface area contributed by atoms with Crippen molar-refractivity contribution in [1.29, 1.82) is 0 Å². The molecule has 1 aromatic carbocycles. The molecule has 2 bridgehead atoms. The Labute approximate surface area is 208 Å². The molecule has 0 saturated carbocycles. The third kappa shape index (κ3) is 6.41. The van der Waals surface area contributed by atoms with Crippen molar-refractivity contribution in [3.05, 3.63) is 33.8 Å². The number of likely N-dealkylation sites (N-methyl/N-ethyl adjacent to an activating group) is 1. The van der Waals surface area contributed by atoms with Crippen LogP contribution in [0.4, 0.5) is 0 Å². The molecule has 0 radical (unpaired) electrons. The van der Waals surface area contributed by atoms with E-state index < -0.39 is 48.9 Å². The predicted octanol–water partition coefficient (Wildman–Crippen LogP) is 0.654. The average molecular weight is 513 g/mol. The number of carbonyl (C=O) groups is 4. The second-order valence-electron chi connectivity index (χ2n) is 8.71. The first-order valence-corrected chi connectivity index (χ1v) is 11.7. The van der Waals surface area contributed by atoms with Gasteiger partial charge in [-0.15, -0.1) is 0 Å². The van der Waals surface area contributed by atoms with Gasteiger partial charge in [-0.05, 0) is 37.6 Å². The molecule has 0 aliphatic carbocycles. The van der Waals surface area contributed by atoms with Gasteiger partial charge in [-0.25, -0.2) is 0 Å². The van der Waals surface area contributed by atoms with Crippen LogP contribution in [-0.2, 0) is 23.7 Å². The lowest BCUT2D eigenvalue weighted by Gasteiger charge is -2.40. The Hall–Kier alpha value is -2.34. The first-order chi connectivity index (χ1) is 16.1. The second kappa shape index (κ2) is 11.4. The minimum atomic E-state index is -1.29. The highest BCUT2D eigenvalue weighted by atomic mass is 35.5. The quantitative estimate of drug-likeness (QED) is 0.455. The fraction of sp³-hybridized carbons (Fsp3) is 0.524. The largest absolute Gasteiger partial charge is 0.622 e. The molecular weight excluding hydrogens is 486 g/mol. The molecule has 0 unspecified atom stereocenters. The molecule has 3 atom stereocenters. The number of piperazine rings is 1. The summed E-state index contributed by atoms with van der Waals surface area (Å²) in [6.07, 6.45) is 0.370. The highest BCUT2D eigenvalue weighted by Gasteiger charge is 2.48. The molecule has 2 heterocycles. The van der Waals surface area contributed by atoms with Gasteiger partial charge in [0, 0.05) is 18.1 Å². The fourth-order valence-electron chi connectivity index (χ4n) is 3.87. The monoisotopic (exact) mass is 512 g/mol. The van der Waals surface area contributed by atoms with Crippen molar-refractivity contribution in [3.63, 3.8) is 0 Å². The average Bonchev–Trinajstić information content (AvgIpc) is 2.77. The Morgan fingerprint density at radius 2 is 1.79 bits per heavy atom. The van der Waals surface area contributed by atoms with Gasteiger partial charge in [-0.1, -0.05) is 37.0 Å². The molecule has 184 valence electrons. The number of nitrogens with zero attached hydrogens (tertiary/aromatic N) is 1. The van der Waals surface area contributed by atoms with Crippen LogP contribution in [0.5, 0.6) is 0 Å². The number of fused-ring (bicyclic) bond motifs is 2. The highest BCUT2D eigenvalue weighted by molar-refractivity contribution is 6.51. The van der Waals surface area contributed by atoms with Gasteiger partial charge in [0.05, 0.1) is 23.1 Å². The zero-order valence-electron chi connectivity index (χ0n) is 19.1. The molecule has 10 nitrogen and oxygen atoms in total. The van der Waals surface area contributed by atoms with E-state index in [9.17, 15) is 19.2 Å². The number of rotatable bonds is 7. The van der Waals surface area contributed by atoms with Crippen LogP contribution in [-0.4, -0.2) is 80.5 Å². The predicted molar refractivity (Wildman–Crippen MR) is 126 cm³/mol. The zero-order valence-corrected chi connectivity index (χ0v) is 20.6. The number of amides is 2. The van der Waals surface area contributed by atoms with Crippen LogP contribution >= 0.6 is 23.2 Å². The number of hydrogen-bond acceptors (Lipinski definition) is 8. The molecule has 2 amide bonds. The van der Waals surface area contributed by atoms with E-state index in [0.717, 1.165) is 0 Å². The maximum Gasteiger partial charge on any atom is 0.622 e. The van der Waals surface area contributed by atoms with Crippen molar-refractivity contribution < 1.29 is 28.5 Å². The lowest BCUT2D eigenvalue weighted by Crippen LogP contribution is -2.66. The smallest absolute Gasteiger partial charge is 0.497 e. The molecule has 3 N–H and O–H groups in total. The molecule has 2 aliphatic rings. The summed E-state index contributed by atoms with van der Waals surface area (Å²) in [4.78, 5) is 52.1. The second-order valence-corrected chi connectivity index (χ2v) is 9.55. The van der Waals surface area contributed by atoms with E-state index in [1.807, 2.05) is 13.8 Å². The fourth-order valence-corrected chi connectivity index (χ4v) is 4.24. The van der Waals surface area contributed by atoms with Crippen molar-refractivity contribution in [2.45, 2.75) is 38.3 Å². The van der Waals surface area contributed by atoms with Crippen molar-refractivity contribution in [2.75, 3.05) is 26.7 Å². The highest BCUT2D eigenvalue weighted by Crippen LogP contribution is 2.21. The molecule has 34 heavy (non-hydrogen) atoms. The number of benzene rings is 1. The first-order valence-electron chi connectivity index (χ1n) is 10.9. The number of nitrogens with one attached hydrogen (secondary N) is 3. The Kier molecular flexibility index (Phi) is 8.80. The Bertz CT molecular complexity index is 939. The summed E-state index contributed by atoms with van der Waals surface area (Å²) in [5, 5.41) is 8.76. The van der Waals surface area contributed by atoms with Crippen molar-refractivity contribution >= 4 is 54.1 Å². The number of halogens is 2. The first kappa shape index (κ1) is 26.3. The van der Waals surface area contributed by atoms with Gasteiger partial charge in [0.25, 0.3) is 5.91 Å². The molecule has 0 spiro atoms. The van der Waals surface area contributed by atoms with Gasteiger partial charge >= 0.3 is 19.1 Å². The third-order valence-corrected chi connectivity index (χ3v) is 6.21. The molecule has 2 fully saturated rings. The third-order valence-electron chi connectivity index (χ3n) is 5.65. The molecule has 0 aromatic heterocycles. The molecular formula is C21H27BCl2N4O6. The van der Waals surface area contributed by atoms with Gasteiger partial charge in [0.2, 0.25) is 5.91 Å². The topological polar surface area (TPSA) is 126 Å². The summed E-state index contributed by atoms with van der Waals surface area (Å²) in [6, 6.07) is 3.13. The Morgan fingerprint density at radius 3 is 2.38 bits per heavy atom. The Morgan fingerprint density at radius 1 is 1.18 bits per heavy atom. The lowest BCUT2D eigenvalue weighted by molar-refractivity contribution is -0.156. The van der Waals surface area contributed by atoms with Crippen LogP contribution in [0.2, 0.25) is 10.0 Å². The van der Waals surface area contributed by atoms with Gasteiger partial charge in [0.1, 0.15) is 12.1 Å². The van der Waals surface area contributed by atoms with E-state index in [0.29, 0.717) is 24.5 Å². The lowest BCUT2D eigenvalue weighted by atomic mass is 9.73. The van der Waals surface area contributed by atoms with Gasteiger partial charge < -0.3 is 25.3 Å². The standard InChI is InChI=1S/C21H27BCl2N4O6/c1-11(2)6-17(22-33-20(31)15-8-25-9-16(28(15)3)21(32)34-22)27-18(29)10-26-19(30)13-7-12(23)4-5-14(13)24/h4-5,7,11,15-17,25H,6,8-10H2,1-3H3,(H,26,30)(H,27,29)/t15-,16-,17-/m0/s1. The number of carbonyl (C=O) groups excluding carboxylic acids is 4. The molecule has 3 rings (SSSR count). The normalized spacial score (nSPS) is 21.8. The van der Waals surface area contributed by atoms with E-state index in [-0.39, 0.29) is 23.0 Å². The van der Waals surface area contributed by atoms with E-state index in [4.69, 9.17) is 32.5 Å². The molecule has 13 heteroatoms. The molecule has 1 aromatic rings. The van der Waals surface area contributed by atoms with Crippen molar-refractivity contribution in [2.24, 2.45) is 5.92 Å². The summed E-state index contributed by atoms with van der Waals surface area (Å²) < 4.78 is 11.0. The molecule has 2 aliphatic heterocycles. The summed E-state index contributed by atoms with van der Waals surface area (Å²) in [5.74, 6) is -2.95. The minimum absolute atomic E-state index is 0.0804. The van der Waals surface area contributed by atoms with Crippen LogP contribution in [0, 0.1) is 5.92 Å². The SMILES string of the molecule is CC(C)C[C@H](NC(=O)CNC(=O)c1cc(Cl)ccc1Cl)B1OC(=O)[C@@H]2CNC[C@@H](C(=O)O1)N2C. The van der Waals surface area contributed by atoms with Crippen LogP contribution in [0.15, 0.2) is 18.2 Å². The Balaban J connectivity index is 1.68. The summed E-state index contributed by atoms with van der Waals surface area (Å²) in [6.45, 7) is 4.14. The summed E-state index contributed by atoms with van der Waals surface area (Å²) >= 11 is 11.9. The van der Waals surface area contributed by atoms with Gasteiger partial charge in [0.15, 0.2) is 0 Å². The van der Waals surface area contributed by atoms with E-state index in [2.05, 4.69) is 16.0 Å². The van der Waals surface area contributed by atoms with Gasteiger partial charge in [-0.2, -0.15) is 0 Å². The molecule has 2 saturated heterocycles. The summed E-state index contributed by atoms with van der Waals surface area (Å²) in [7, 11) is 0.377. The van der Waals surface area contributed by atoms with Crippen molar-refractivity contribution in [1.82, 2.24) is 20.9 Å². The van der Waals surface area contributed by atoms with Crippen LogP contribution in [0.3, 0.4) is 0 Å². The van der Waals surface area contributed by atoms with E-state index in [1.165, 1.54) is 12.1 Å². The van der Waals surface area contributed by atoms with Gasteiger partial charge in [-0.3, -0.25) is 24.1 Å². The maximum atomic E-state index is 12.7. The van der Waals surface area contributed by atoms with E-state index in [1.54, 1.807) is 18.0 Å². The van der Waals surface area contributed by atoms with Crippen LogP contribution < -0.4 is 16.0 Å². The van der Waals surface area contributed by atoms with Crippen LogP contribution in [0.1, 0.15) is 30.6 Å². The van der Waals surface area contributed by atoms with Crippen LogP contribution in [0.25, 0.3) is 0 Å². The summed E-state index contributed by atoms with van der Waals surface area (Å²) in [5.41, 5.74) is 0.132. The number of hydrogen-bond donors (Lipinski definition) is 3.